The highest BCUT2D eigenvalue weighted by molar-refractivity contribution is 5.23. The Morgan fingerprint density at radius 2 is 1.72 bits per heavy atom. The van der Waals surface area contributed by atoms with Crippen molar-refractivity contribution in [2.75, 3.05) is 32.7 Å². The van der Waals surface area contributed by atoms with Gasteiger partial charge in [-0.1, -0.05) is 10.3 Å². The van der Waals surface area contributed by atoms with E-state index in [0.29, 0.717) is 12.4 Å². The zero-order valence-electron chi connectivity index (χ0n) is 17.1. The number of aryl methyl sites for hydroxylation is 3. The van der Waals surface area contributed by atoms with Gasteiger partial charge >= 0.3 is 0 Å². The maximum absolute atomic E-state index is 12.2. The minimum atomic E-state index is -0.0945. The summed E-state index contributed by atoms with van der Waals surface area (Å²) < 4.78 is 8.07. The van der Waals surface area contributed by atoms with E-state index < -0.39 is 0 Å². The van der Waals surface area contributed by atoms with Crippen LogP contribution in [0.25, 0.3) is 5.82 Å². The molecule has 4 rings (SSSR count). The van der Waals surface area contributed by atoms with E-state index >= 15 is 0 Å². The maximum atomic E-state index is 12.2. The molecule has 154 valence electrons. The molecule has 0 N–H and O–H groups in total. The van der Waals surface area contributed by atoms with Crippen molar-refractivity contribution in [1.82, 2.24) is 39.7 Å². The zero-order valence-corrected chi connectivity index (χ0v) is 17.1. The minimum Gasteiger partial charge on any atom is -0.299 e. The molecule has 1 fully saturated rings. The summed E-state index contributed by atoms with van der Waals surface area (Å²) in [5.41, 5.74) is 3.57. The number of nitrogens with zero attached hydrogens (tertiary/aromatic N) is 8. The molecule has 29 heavy (non-hydrogen) atoms. The van der Waals surface area contributed by atoms with Crippen molar-refractivity contribution in [1.29, 1.82) is 0 Å². The summed E-state index contributed by atoms with van der Waals surface area (Å²) in [4.78, 5) is 16.9. The third-order valence-corrected chi connectivity index (χ3v) is 5.29. The predicted molar refractivity (Wildman–Crippen MR) is 106 cm³/mol. The van der Waals surface area contributed by atoms with E-state index in [2.05, 4.69) is 30.3 Å². The largest absolute Gasteiger partial charge is 0.299 e. The first-order valence-electron chi connectivity index (χ1n) is 9.84. The van der Waals surface area contributed by atoms with E-state index in [-0.39, 0.29) is 5.56 Å². The third-order valence-electron chi connectivity index (χ3n) is 5.29. The molecular weight excluding hydrogens is 372 g/mol. The van der Waals surface area contributed by atoms with E-state index in [4.69, 9.17) is 4.63 Å². The SMILES string of the molecule is Cc1cc(C)n(-c2ccc(=O)n(CCN3CCN(Cc4nonc4C)CC3)n2)n1. The summed E-state index contributed by atoms with van der Waals surface area (Å²) in [5.74, 6) is 0.664. The second kappa shape index (κ2) is 8.26. The van der Waals surface area contributed by atoms with Gasteiger partial charge in [0.25, 0.3) is 5.56 Å². The van der Waals surface area contributed by atoms with Crippen LogP contribution < -0.4 is 5.56 Å². The van der Waals surface area contributed by atoms with Gasteiger partial charge in [-0.25, -0.2) is 14.0 Å². The predicted octanol–water partition coefficient (Wildman–Crippen LogP) is 0.555. The van der Waals surface area contributed by atoms with E-state index in [1.807, 2.05) is 26.8 Å². The topological polar surface area (TPSA) is 98.1 Å². The Hall–Kier alpha value is -2.85. The zero-order chi connectivity index (χ0) is 20.4. The summed E-state index contributed by atoms with van der Waals surface area (Å²) in [6, 6.07) is 5.27. The number of piperazine rings is 1. The fraction of sp³-hybridized carbons (Fsp3) is 0.526. The third kappa shape index (κ3) is 4.43. The van der Waals surface area contributed by atoms with Crippen LogP contribution in [0.5, 0.6) is 0 Å². The van der Waals surface area contributed by atoms with E-state index in [9.17, 15) is 4.79 Å². The molecule has 0 amide bonds. The highest BCUT2D eigenvalue weighted by Crippen LogP contribution is 2.10. The molecule has 0 atom stereocenters. The van der Waals surface area contributed by atoms with Crippen molar-refractivity contribution in [3.63, 3.8) is 0 Å². The number of rotatable bonds is 6. The van der Waals surface area contributed by atoms with E-state index in [1.54, 1.807) is 16.8 Å². The normalized spacial score (nSPS) is 15.8. The lowest BCUT2D eigenvalue weighted by Gasteiger charge is -2.34. The van der Waals surface area contributed by atoms with Crippen molar-refractivity contribution in [3.8, 4) is 5.82 Å². The quantitative estimate of drug-likeness (QED) is 0.594. The number of aromatic nitrogens is 6. The Morgan fingerprint density at radius 3 is 2.38 bits per heavy atom. The Bertz CT molecular complexity index is 1030. The first kappa shape index (κ1) is 19.5. The lowest BCUT2D eigenvalue weighted by molar-refractivity contribution is 0.120. The van der Waals surface area contributed by atoms with E-state index in [0.717, 1.165) is 62.0 Å². The van der Waals surface area contributed by atoms with Crippen LogP contribution >= 0.6 is 0 Å². The highest BCUT2D eigenvalue weighted by Gasteiger charge is 2.19. The Balaban J connectivity index is 1.34. The smallest absolute Gasteiger partial charge is 0.266 e. The van der Waals surface area contributed by atoms with Crippen LogP contribution in [-0.2, 0) is 13.1 Å². The van der Waals surface area contributed by atoms with Gasteiger partial charge in [0, 0.05) is 51.0 Å². The van der Waals surface area contributed by atoms with Gasteiger partial charge in [-0.3, -0.25) is 14.6 Å². The Morgan fingerprint density at radius 1 is 0.966 bits per heavy atom. The highest BCUT2D eigenvalue weighted by atomic mass is 16.6. The lowest BCUT2D eigenvalue weighted by atomic mass is 10.2. The molecule has 0 spiro atoms. The van der Waals surface area contributed by atoms with Crippen LogP contribution in [0.2, 0.25) is 0 Å². The van der Waals surface area contributed by atoms with Crippen molar-refractivity contribution in [2.24, 2.45) is 0 Å². The van der Waals surface area contributed by atoms with Gasteiger partial charge in [-0.2, -0.15) is 5.10 Å². The summed E-state index contributed by atoms with van der Waals surface area (Å²) in [7, 11) is 0. The summed E-state index contributed by atoms with van der Waals surface area (Å²) in [6.45, 7) is 11.7. The molecule has 4 heterocycles. The van der Waals surface area contributed by atoms with Crippen molar-refractivity contribution < 1.29 is 4.63 Å². The second-order valence-corrected chi connectivity index (χ2v) is 7.51. The van der Waals surface area contributed by atoms with E-state index in [1.165, 1.54) is 4.68 Å². The Kier molecular flexibility index (Phi) is 5.54. The van der Waals surface area contributed by atoms with Gasteiger partial charge in [0.15, 0.2) is 5.82 Å². The molecule has 0 saturated carbocycles. The van der Waals surface area contributed by atoms with Crippen LogP contribution in [0.4, 0.5) is 0 Å². The monoisotopic (exact) mass is 398 g/mol. The van der Waals surface area contributed by atoms with Crippen LogP contribution in [0.3, 0.4) is 0 Å². The van der Waals surface area contributed by atoms with Crippen LogP contribution in [0.15, 0.2) is 27.6 Å². The first-order chi connectivity index (χ1) is 14.0. The number of hydrogen-bond acceptors (Lipinski definition) is 8. The molecule has 0 bridgehead atoms. The van der Waals surface area contributed by atoms with Gasteiger partial charge in [0.1, 0.15) is 11.4 Å². The molecule has 0 unspecified atom stereocenters. The van der Waals surface area contributed by atoms with Gasteiger partial charge in [0.05, 0.1) is 12.2 Å². The average molecular weight is 398 g/mol. The fourth-order valence-corrected chi connectivity index (χ4v) is 3.58. The van der Waals surface area contributed by atoms with Gasteiger partial charge < -0.3 is 0 Å². The standard InChI is InChI=1S/C19H26N8O2/c1-14-12-15(2)27(20-14)18-4-5-19(28)26(21-18)11-10-24-6-8-25(9-7-24)13-17-16(3)22-29-23-17/h4-5,12H,6-11,13H2,1-3H3. The molecule has 10 nitrogen and oxygen atoms in total. The minimum absolute atomic E-state index is 0.0945. The summed E-state index contributed by atoms with van der Waals surface area (Å²) >= 11 is 0. The summed E-state index contributed by atoms with van der Waals surface area (Å²) in [5, 5.41) is 16.8. The molecule has 0 radical (unpaired) electrons. The number of hydrogen-bond donors (Lipinski definition) is 0. The molecule has 0 aliphatic carbocycles. The van der Waals surface area contributed by atoms with Crippen LogP contribution in [-0.4, -0.2) is 72.4 Å². The molecule has 3 aromatic heterocycles. The van der Waals surface area contributed by atoms with Crippen molar-refractivity contribution >= 4 is 0 Å². The second-order valence-electron chi connectivity index (χ2n) is 7.51. The van der Waals surface area contributed by atoms with Crippen molar-refractivity contribution in [3.05, 3.63) is 51.3 Å². The molecule has 1 aliphatic rings. The van der Waals surface area contributed by atoms with Crippen LogP contribution in [0.1, 0.15) is 22.8 Å². The van der Waals surface area contributed by atoms with Gasteiger partial charge in [-0.05, 0) is 32.9 Å². The van der Waals surface area contributed by atoms with Crippen molar-refractivity contribution in [2.45, 2.75) is 33.9 Å². The maximum Gasteiger partial charge on any atom is 0.266 e. The lowest BCUT2D eigenvalue weighted by Crippen LogP contribution is -2.47. The average Bonchev–Trinajstić information content (AvgIpc) is 3.26. The molecule has 0 aromatic carbocycles. The molecule has 3 aromatic rings. The molecule has 1 aliphatic heterocycles. The van der Waals surface area contributed by atoms with Gasteiger partial charge in [0.2, 0.25) is 0 Å². The van der Waals surface area contributed by atoms with Gasteiger partial charge in [-0.15, -0.1) is 5.10 Å². The first-order valence-corrected chi connectivity index (χ1v) is 9.84. The van der Waals surface area contributed by atoms with Crippen LogP contribution in [0, 0.1) is 20.8 Å². The molecular formula is C19H26N8O2. The Labute approximate surface area is 168 Å². The molecule has 1 saturated heterocycles. The summed E-state index contributed by atoms with van der Waals surface area (Å²) in [6.07, 6.45) is 0. The molecule has 10 heteroatoms. The fourth-order valence-electron chi connectivity index (χ4n) is 3.58.